The molecule has 0 aliphatic carbocycles. The van der Waals surface area contributed by atoms with Gasteiger partial charge in [-0.05, 0) is 35.8 Å². The largest absolute Gasteiger partial charge is 0.288 e. The number of aromatic nitrogens is 1. The lowest BCUT2D eigenvalue weighted by Gasteiger charge is -2.00. The van der Waals surface area contributed by atoms with Crippen molar-refractivity contribution >= 4 is 28.9 Å². The average molecular weight is 316 g/mol. The molecule has 0 radical (unpaired) electrons. The summed E-state index contributed by atoms with van der Waals surface area (Å²) in [7, 11) is 0. The van der Waals surface area contributed by atoms with Crippen molar-refractivity contribution in [3.63, 3.8) is 0 Å². The van der Waals surface area contributed by atoms with Crippen LogP contribution >= 0.6 is 23.1 Å². The molecule has 0 spiro atoms. The zero-order chi connectivity index (χ0) is 14.8. The molecular formula is C16H10ClNO2S. The summed E-state index contributed by atoms with van der Waals surface area (Å²) < 4.78 is 1.48. The zero-order valence-electron chi connectivity index (χ0n) is 10.8. The first-order valence-corrected chi connectivity index (χ1v) is 7.39. The van der Waals surface area contributed by atoms with E-state index in [0.717, 1.165) is 11.5 Å². The second-order valence-corrected chi connectivity index (χ2v) is 5.83. The summed E-state index contributed by atoms with van der Waals surface area (Å²) in [6.07, 6.45) is 0. The molecule has 3 rings (SSSR count). The van der Waals surface area contributed by atoms with E-state index in [9.17, 15) is 9.59 Å². The summed E-state index contributed by atoms with van der Waals surface area (Å²) in [5, 5.41) is 0.601. The highest BCUT2D eigenvalue weighted by Crippen LogP contribution is 2.18. The predicted molar refractivity (Wildman–Crippen MR) is 84.8 cm³/mol. The van der Waals surface area contributed by atoms with Gasteiger partial charge in [-0.15, -0.1) is 0 Å². The van der Waals surface area contributed by atoms with Crippen LogP contribution in [0, 0.1) is 0 Å². The number of rotatable bonds is 3. The van der Waals surface area contributed by atoms with Crippen LogP contribution in [0.3, 0.4) is 0 Å². The Balaban J connectivity index is 2.00. The summed E-state index contributed by atoms with van der Waals surface area (Å²) >= 11 is 6.97. The topological polar surface area (TPSA) is 39.1 Å². The molecule has 0 saturated carbocycles. The van der Waals surface area contributed by atoms with Crippen LogP contribution in [0.1, 0.15) is 15.2 Å². The van der Waals surface area contributed by atoms with E-state index >= 15 is 0 Å². The molecule has 3 aromatic rings. The Labute approximate surface area is 130 Å². The van der Waals surface area contributed by atoms with Gasteiger partial charge >= 0.3 is 0 Å². The second kappa shape index (κ2) is 5.68. The van der Waals surface area contributed by atoms with Gasteiger partial charge in [-0.3, -0.25) is 9.59 Å². The molecule has 2 aromatic carbocycles. The first-order valence-electron chi connectivity index (χ1n) is 6.24. The highest BCUT2D eigenvalue weighted by molar-refractivity contribution is 7.09. The Kier molecular flexibility index (Phi) is 3.73. The molecule has 1 heterocycles. The van der Waals surface area contributed by atoms with E-state index in [4.69, 9.17) is 11.6 Å². The third-order valence-electron chi connectivity index (χ3n) is 2.97. The summed E-state index contributed by atoms with van der Waals surface area (Å²) in [6, 6.07) is 17.2. The molecule has 0 atom stereocenters. The first kappa shape index (κ1) is 13.8. The maximum absolute atomic E-state index is 12.3. The lowest BCUT2D eigenvalue weighted by Crippen LogP contribution is -2.09. The third-order valence-corrected chi connectivity index (χ3v) is 4.29. The van der Waals surface area contributed by atoms with E-state index < -0.39 is 0 Å². The van der Waals surface area contributed by atoms with Crippen molar-refractivity contribution in [1.29, 1.82) is 0 Å². The average Bonchev–Trinajstić information content (AvgIpc) is 2.90. The summed E-state index contributed by atoms with van der Waals surface area (Å²) in [5.74, 6) is -0.148. The summed E-state index contributed by atoms with van der Waals surface area (Å²) in [4.78, 5) is 24.8. The molecule has 0 N–H and O–H groups in total. The Morgan fingerprint density at radius 2 is 1.67 bits per heavy atom. The number of ketones is 1. The number of hydrogen-bond donors (Lipinski definition) is 0. The second-order valence-electron chi connectivity index (χ2n) is 4.40. The van der Waals surface area contributed by atoms with Crippen LogP contribution < -0.4 is 5.56 Å². The van der Waals surface area contributed by atoms with Crippen molar-refractivity contribution in [2.45, 2.75) is 0 Å². The number of carbonyl (C=O) groups excluding carboxylic acids is 1. The number of carbonyl (C=O) groups is 1. The molecule has 21 heavy (non-hydrogen) atoms. The van der Waals surface area contributed by atoms with Crippen LogP contribution in [0.2, 0.25) is 5.02 Å². The molecule has 0 amide bonds. The van der Waals surface area contributed by atoms with E-state index in [1.165, 1.54) is 10.0 Å². The van der Waals surface area contributed by atoms with Crippen LogP contribution in [0.15, 0.2) is 65.5 Å². The molecule has 0 aliphatic heterocycles. The Hall–Kier alpha value is -2.17. The molecule has 0 saturated heterocycles. The monoisotopic (exact) mass is 315 g/mol. The normalized spacial score (nSPS) is 10.5. The van der Waals surface area contributed by atoms with Crippen LogP contribution in [0.25, 0.3) is 5.69 Å². The molecule has 0 aliphatic rings. The molecule has 5 heteroatoms. The molecule has 0 unspecified atom stereocenters. The minimum Gasteiger partial charge on any atom is -0.288 e. The molecule has 1 aromatic heterocycles. The van der Waals surface area contributed by atoms with Crippen molar-refractivity contribution < 1.29 is 4.79 Å². The maximum atomic E-state index is 12.3. The standard InChI is InChI=1S/C16H10ClNO2S/c17-12-6-8-13(9-7-12)18-15(19)10-14(21-18)16(20)11-4-2-1-3-5-11/h1-10H. The van der Waals surface area contributed by atoms with Gasteiger partial charge < -0.3 is 0 Å². The number of halogens is 1. The van der Waals surface area contributed by atoms with Crippen molar-refractivity contribution in [3.8, 4) is 5.69 Å². The summed E-state index contributed by atoms with van der Waals surface area (Å²) in [5.41, 5.74) is 1.05. The SMILES string of the molecule is O=C(c1ccccc1)c1cc(=O)n(-c2ccc(Cl)cc2)s1. The van der Waals surface area contributed by atoms with Gasteiger partial charge in [0.25, 0.3) is 5.56 Å². The van der Waals surface area contributed by atoms with Crippen LogP contribution in [0.4, 0.5) is 0 Å². The quantitative estimate of drug-likeness (QED) is 0.690. The van der Waals surface area contributed by atoms with Crippen LogP contribution in [-0.2, 0) is 0 Å². The van der Waals surface area contributed by atoms with E-state index in [1.54, 1.807) is 48.5 Å². The van der Waals surface area contributed by atoms with E-state index in [-0.39, 0.29) is 11.3 Å². The van der Waals surface area contributed by atoms with Crippen LogP contribution in [-0.4, -0.2) is 9.74 Å². The predicted octanol–water partition coefficient (Wildman–Crippen LogP) is 3.78. The first-order chi connectivity index (χ1) is 10.1. The molecule has 104 valence electrons. The maximum Gasteiger partial charge on any atom is 0.266 e. The minimum atomic E-state index is -0.221. The van der Waals surface area contributed by atoms with E-state index in [2.05, 4.69) is 0 Å². The molecule has 0 fully saturated rings. The Morgan fingerprint density at radius 1 is 1.00 bits per heavy atom. The van der Waals surface area contributed by atoms with Crippen molar-refractivity contribution in [2.24, 2.45) is 0 Å². The molecule has 3 nitrogen and oxygen atoms in total. The fourth-order valence-corrected chi connectivity index (χ4v) is 2.98. The third kappa shape index (κ3) is 2.82. The van der Waals surface area contributed by atoms with Gasteiger partial charge in [0.1, 0.15) is 0 Å². The minimum absolute atomic E-state index is 0.148. The highest BCUT2D eigenvalue weighted by Gasteiger charge is 2.14. The van der Waals surface area contributed by atoms with Crippen molar-refractivity contribution in [3.05, 3.63) is 86.5 Å². The van der Waals surface area contributed by atoms with Gasteiger partial charge in [-0.1, -0.05) is 41.9 Å². The van der Waals surface area contributed by atoms with Gasteiger partial charge in [0.05, 0.1) is 10.6 Å². The lowest BCUT2D eigenvalue weighted by atomic mass is 10.1. The number of hydrogen-bond acceptors (Lipinski definition) is 3. The fraction of sp³-hybridized carbons (Fsp3) is 0. The Bertz CT molecular complexity index is 835. The van der Waals surface area contributed by atoms with Crippen molar-refractivity contribution in [1.82, 2.24) is 3.96 Å². The smallest absolute Gasteiger partial charge is 0.266 e. The zero-order valence-corrected chi connectivity index (χ0v) is 12.4. The van der Waals surface area contributed by atoms with E-state index in [0.29, 0.717) is 21.2 Å². The van der Waals surface area contributed by atoms with Gasteiger partial charge in [-0.25, -0.2) is 3.96 Å². The van der Waals surface area contributed by atoms with Gasteiger partial charge in [0, 0.05) is 16.7 Å². The fourth-order valence-electron chi connectivity index (χ4n) is 1.94. The van der Waals surface area contributed by atoms with Crippen LogP contribution in [0.5, 0.6) is 0 Å². The molecule has 0 bridgehead atoms. The molecular weight excluding hydrogens is 306 g/mol. The van der Waals surface area contributed by atoms with Crippen molar-refractivity contribution in [2.75, 3.05) is 0 Å². The Morgan fingerprint density at radius 3 is 2.33 bits per heavy atom. The van der Waals surface area contributed by atoms with E-state index in [1.807, 2.05) is 6.07 Å². The van der Waals surface area contributed by atoms with Gasteiger partial charge in [0.2, 0.25) is 5.78 Å². The highest BCUT2D eigenvalue weighted by atomic mass is 35.5. The number of nitrogens with zero attached hydrogens (tertiary/aromatic N) is 1. The number of benzene rings is 2. The van der Waals surface area contributed by atoms with Gasteiger partial charge in [0.15, 0.2) is 0 Å². The summed E-state index contributed by atoms with van der Waals surface area (Å²) in [6.45, 7) is 0. The van der Waals surface area contributed by atoms with Gasteiger partial charge in [-0.2, -0.15) is 0 Å². The lowest BCUT2D eigenvalue weighted by molar-refractivity contribution is 0.104.